The van der Waals surface area contributed by atoms with Gasteiger partial charge in [0, 0.05) is 33.6 Å². The zero-order valence-corrected chi connectivity index (χ0v) is 43.7. The van der Waals surface area contributed by atoms with Crippen LogP contribution in [0.1, 0.15) is 221 Å². The van der Waals surface area contributed by atoms with Gasteiger partial charge in [0.05, 0.1) is 29.6 Å². The second-order valence-electron chi connectivity index (χ2n) is 18.7. The maximum absolute atomic E-state index is 13.6. The number of esters is 4. The zero-order chi connectivity index (χ0) is 49.1. The van der Waals surface area contributed by atoms with Crippen LogP contribution < -0.4 is 0 Å². The molecular weight excluding hydrogens is 889 g/mol. The lowest BCUT2D eigenvalue weighted by Gasteiger charge is -2.44. The fourth-order valence-corrected chi connectivity index (χ4v) is 12.3. The maximum Gasteiger partial charge on any atom is 0.303 e. The Morgan fingerprint density at radius 3 is 1.09 bits per heavy atom. The summed E-state index contributed by atoms with van der Waals surface area (Å²) in [6.45, 7) is 8.02. The second kappa shape index (κ2) is 37.6. The topological polar surface area (TPSA) is 192 Å². The first kappa shape index (κ1) is 61.7. The number of carbonyl (C=O) groups excluding carboxylic acids is 4. The van der Waals surface area contributed by atoms with Crippen molar-refractivity contribution in [1.29, 1.82) is 0 Å². The molecule has 1 aliphatic heterocycles. The Labute approximate surface area is 400 Å². The molecule has 388 valence electrons. The second-order valence-corrected chi connectivity index (χ2v) is 23.1. The molecule has 1 saturated heterocycles. The highest BCUT2D eigenvalue weighted by atomic mass is 32.2. The minimum absolute atomic E-state index is 0.0976. The first-order valence-corrected chi connectivity index (χ1v) is 29.5. The Morgan fingerprint density at radius 2 is 0.758 bits per heavy atom. The fraction of sp³-hybridized carbons (Fsp3) is 0.920. The molecule has 0 aromatic heterocycles. The van der Waals surface area contributed by atoms with E-state index in [9.17, 15) is 36.0 Å². The minimum Gasteiger partial charge on any atom is -0.463 e. The average Bonchev–Trinajstić information content (AvgIpc) is 3.23. The number of carbonyl (C=O) groups is 4. The maximum atomic E-state index is 13.6. The predicted octanol–water partition coefficient (Wildman–Crippen LogP) is 10.5. The summed E-state index contributed by atoms with van der Waals surface area (Å²) in [5.41, 5.74) is 0. The smallest absolute Gasteiger partial charge is 0.303 e. The summed E-state index contributed by atoms with van der Waals surface area (Å²) in [5.74, 6) is -5.26. The molecule has 0 unspecified atom stereocenters. The summed E-state index contributed by atoms with van der Waals surface area (Å²) in [5, 5.41) is 0. The largest absolute Gasteiger partial charge is 0.463 e. The quantitative estimate of drug-likeness (QED) is 0.0319. The Kier molecular flexibility index (Phi) is 35.1. The molecule has 5 atom stereocenters. The van der Waals surface area contributed by atoms with E-state index in [1.807, 2.05) is 0 Å². The van der Waals surface area contributed by atoms with Crippen molar-refractivity contribution in [2.75, 3.05) is 36.2 Å². The van der Waals surface area contributed by atoms with Gasteiger partial charge < -0.3 is 28.4 Å². The van der Waals surface area contributed by atoms with E-state index < -0.39 is 105 Å². The van der Waals surface area contributed by atoms with Gasteiger partial charge in [0.2, 0.25) is 0 Å². The lowest BCUT2D eigenvalue weighted by atomic mass is 9.98. The number of unbranched alkanes of at least 4 members (excludes halogenated alkanes) is 26. The Morgan fingerprint density at radius 1 is 0.439 bits per heavy atom. The van der Waals surface area contributed by atoms with Gasteiger partial charge in [0.25, 0.3) is 0 Å². The summed E-state index contributed by atoms with van der Waals surface area (Å²) in [6.07, 6.45) is 24.3. The Bertz CT molecular complexity index is 1450. The van der Waals surface area contributed by atoms with Crippen molar-refractivity contribution in [3.05, 3.63) is 0 Å². The van der Waals surface area contributed by atoms with Crippen LogP contribution in [0, 0.1) is 5.92 Å². The van der Waals surface area contributed by atoms with E-state index in [0.29, 0.717) is 12.8 Å². The molecule has 0 saturated carbocycles. The third-order valence-electron chi connectivity index (χ3n) is 12.0. The molecule has 0 spiro atoms. The van der Waals surface area contributed by atoms with Crippen molar-refractivity contribution in [1.82, 2.24) is 0 Å². The third-order valence-corrected chi connectivity index (χ3v) is 15.8. The van der Waals surface area contributed by atoms with Gasteiger partial charge >= 0.3 is 23.9 Å². The highest BCUT2D eigenvalue weighted by Crippen LogP contribution is 2.31. The van der Waals surface area contributed by atoms with Crippen molar-refractivity contribution in [2.24, 2.45) is 5.92 Å². The van der Waals surface area contributed by atoms with Crippen molar-refractivity contribution in [3.8, 4) is 0 Å². The lowest BCUT2D eigenvalue weighted by Crippen LogP contribution is -2.63. The van der Waals surface area contributed by atoms with Crippen LogP contribution in [-0.2, 0) is 67.3 Å². The molecule has 0 N–H and O–H groups in total. The fourth-order valence-electron chi connectivity index (χ4n) is 8.62. The van der Waals surface area contributed by atoms with E-state index in [0.717, 1.165) is 79.1 Å². The van der Waals surface area contributed by atoms with E-state index in [4.69, 9.17) is 28.4 Å². The highest BCUT2D eigenvalue weighted by Gasteiger charge is 2.53. The summed E-state index contributed by atoms with van der Waals surface area (Å²) < 4.78 is 88.2. The predicted molar refractivity (Wildman–Crippen MR) is 259 cm³/mol. The molecule has 16 heteroatoms. The molecular formula is C50H92O14S2. The van der Waals surface area contributed by atoms with Crippen molar-refractivity contribution >= 4 is 43.6 Å². The van der Waals surface area contributed by atoms with Gasteiger partial charge in [-0.05, 0) is 12.8 Å². The van der Waals surface area contributed by atoms with Crippen LogP contribution >= 0.6 is 0 Å². The first-order valence-electron chi connectivity index (χ1n) is 25.8. The van der Waals surface area contributed by atoms with Crippen LogP contribution in [0.3, 0.4) is 0 Å². The molecule has 1 fully saturated rings. The van der Waals surface area contributed by atoms with Crippen LogP contribution in [0.25, 0.3) is 0 Å². The van der Waals surface area contributed by atoms with Crippen LogP contribution in [-0.4, -0.2) is 108 Å². The zero-order valence-electron chi connectivity index (χ0n) is 42.0. The van der Waals surface area contributed by atoms with Crippen LogP contribution in [0.4, 0.5) is 0 Å². The number of ether oxygens (including phenoxy) is 6. The van der Waals surface area contributed by atoms with Crippen LogP contribution in [0.5, 0.6) is 0 Å². The molecule has 14 nitrogen and oxygen atoms in total. The summed E-state index contributed by atoms with van der Waals surface area (Å²) in [7, 11) is -7.47. The molecule has 0 aromatic carbocycles. The van der Waals surface area contributed by atoms with E-state index in [-0.39, 0.29) is 11.5 Å². The monoisotopic (exact) mass is 981 g/mol. The molecule has 0 bridgehead atoms. The van der Waals surface area contributed by atoms with Gasteiger partial charge in [-0.15, -0.1) is 0 Å². The first-order chi connectivity index (χ1) is 31.5. The Hall–Kier alpha value is -2.30. The van der Waals surface area contributed by atoms with Crippen molar-refractivity contribution in [3.63, 3.8) is 0 Å². The van der Waals surface area contributed by atoms with Gasteiger partial charge in [-0.25, -0.2) is 16.8 Å². The highest BCUT2D eigenvalue weighted by molar-refractivity contribution is 7.92. The summed E-state index contributed by atoms with van der Waals surface area (Å²) >= 11 is 0. The third kappa shape index (κ3) is 32.4. The van der Waals surface area contributed by atoms with Gasteiger partial charge in [-0.2, -0.15) is 0 Å². The minimum atomic E-state index is -3.74. The normalized spacial score (nSPS) is 18.9. The van der Waals surface area contributed by atoms with Crippen molar-refractivity contribution in [2.45, 2.75) is 252 Å². The molecule has 1 heterocycles. The summed E-state index contributed by atoms with van der Waals surface area (Å²) in [6, 6.07) is 0. The number of hydrogen-bond donors (Lipinski definition) is 0. The number of hydrogen-bond acceptors (Lipinski definition) is 14. The van der Waals surface area contributed by atoms with E-state index in [2.05, 4.69) is 13.8 Å². The average molecular weight is 981 g/mol. The lowest BCUT2D eigenvalue weighted by molar-refractivity contribution is -0.309. The Balaban J connectivity index is 2.99. The standard InChI is InChI=1S/C50H92O14S2/c1-7-9-11-13-15-17-19-21-23-25-27-29-31-33-35-65(55,56)39-45(40-66(57,58)36-34-32-30-28-26-24-22-20-18-16-14-12-10-8-2)37-60-50-49(63-44(6)54)48(62-43(5)53)47(61-42(4)52)46(64-50)38-59-41(3)51/h45-50H,7-40H2,1-6H3/t46-,47-,48+,49-,50-/m1/s1. The van der Waals surface area contributed by atoms with E-state index in [1.165, 1.54) is 116 Å². The van der Waals surface area contributed by atoms with Gasteiger partial charge in [0.1, 0.15) is 12.7 Å². The molecule has 0 aliphatic carbocycles. The van der Waals surface area contributed by atoms with Crippen LogP contribution in [0.2, 0.25) is 0 Å². The van der Waals surface area contributed by atoms with Gasteiger partial charge in [0.15, 0.2) is 44.3 Å². The number of rotatable bonds is 42. The molecule has 0 aromatic rings. The van der Waals surface area contributed by atoms with Gasteiger partial charge in [-0.3, -0.25) is 19.2 Å². The molecule has 1 rings (SSSR count). The SMILES string of the molecule is CCCCCCCCCCCCCCCCS(=O)(=O)CC(CO[C@@H]1O[C@H](COC(C)=O)[C@@H](OC(C)=O)[C@H](OC(C)=O)[C@H]1OC(C)=O)CS(=O)(=O)CCCCCCCCCCCCCCCC. The molecule has 66 heavy (non-hydrogen) atoms. The molecule has 0 radical (unpaired) electrons. The van der Waals surface area contributed by atoms with Crippen LogP contribution in [0.15, 0.2) is 0 Å². The van der Waals surface area contributed by atoms with Crippen molar-refractivity contribution < 1.29 is 64.4 Å². The molecule has 1 aliphatic rings. The van der Waals surface area contributed by atoms with E-state index >= 15 is 0 Å². The summed E-state index contributed by atoms with van der Waals surface area (Å²) in [4.78, 5) is 48.6. The number of sulfone groups is 2. The van der Waals surface area contributed by atoms with E-state index in [1.54, 1.807) is 0 Å². The molecule has 0 amide bonds. The van der Waals surface area contributed by atoms with Gasteiger partial charge in [-0.1, -0.05) is 181 Å².